The second-order valence-corrected chi connectivity index (χ2v) is 6.03. The molecule has 0 amide bonds. The van der Waals surface area contributed by atoms with E-state index in [1.165, 1.54) is 23.6 Å². The van der Waals surface area contributed by atoms with Crippen LogP contribution in [0, 0.1) is 11.8 Å². The zero-order valence-electron chi connectivity index (χ0n) is 11.5. The molecule has 1 atom stereocenters. The highest BCUT2D eigenvalue weighted by molar-refractivity contribution is 5.85. The number of fused-ring (bicyclic) bond motifs is 1. The minimum absolute atomic E-state index is 0.307. The molecule has 1 aliphatic carbocycles. The monoisotopic (exact) mass is 254 g/mol. The predicted molar refractivity (Wildman–Crippen MR) is 80.0 cm³/mol. The summed E-state index contributed by atoms with van der Waals surface area (Å²) in [4.78, 5) is 0. The van der Waals surface area contributed by atoms with Crippen molar-refractivity contribution in [2.45, 2.75) is 38.7 Å². The van der Waals surface area contributed by atoms with E-state index in [1.54, 1.807) is 0 Å². The molecule has 100 valence electrons. The number of rotatable bonds is 2. The molecule has 1 fully saturated rings. The molecular weight excluding hydrogens is 232 g/mol. The number of aliphatic hydroxyl groups excluding tert-OH is 1. The van der Waals surface area contributed by atoms with Crippen LogP contribution < -0.4 is 0 Å². The lowest BCUT2D eigenvalue weighted by molar-refractivity contribution is 0.0767. The van der Waals surface area contributed by atoms with Crippen molar-refractivity contribution in [1.29, 1.82) is 0 Å². The maximum atomic E-state index is 10.7. The van der Waals surface area contributed by atoms with Crippen LogP contribution >= 0.6 is 0 Å². The van der Waals surface area contributed by atoms with Gasteiger partial charge < -0.3 is 5.11 Å². The SMILES string of the molecule is CC1CCC(C(O)c2cccc3ccccc23)CC1. The van der Waals surface area contributed by atoms with Gasteiger partial charge in [-0.05, 0) is 41.0 Å². The Bertz CT molecular complexity index is 547. The molecule has 1 nitrogen and oxygen atoms in total. The first-order valence-electron chi connectivity index (χ1n) is 7.41. The molecule has 1 aliphatic rings. The van der Waals surface area contributed by atoms with Gasteiger partial charge in [0.05, 0.1) is 6.10 Å². The molecule has 3 rings (SSSR count). The van der Waals surface area contributed by atoms with Crippen LogP contribution in [0.3, 0.4) is 0 Å². The van der Waals surface area contributed by atoms with E-state index < -0.39 is 0 Å². The van der Waals surface area contributed by atoms with E-state index in [9.17, 15) is 5.11 Å². The van der Waals surface area contributed by atoms with Crippen molar-refractivity contribution in [3.63, 3.8) is 0 Å². The molecule has 0 aliphatic heterocycles. The maximum Gasteiger partial charge on any atom is 0.0824 e. The molecule has 1 heteroatoms. The Hall–Kier alpha value is -1.34. The van der Waals surface area contributed by atoms with Gasteiger partial charge in [-0.3, -0.25) is 0 Å². The van der Waals surface area contributed by atoms with Gasteiger partial charge in [-0.25, -0.2) is 0 Å². The number of benzene rings is 2. The lowest BCUT2D eigenvalue weighted by Crippen LogP contribution is -2.19. The van der Waals surface area contributed by atoms with E-state index in [1.807, 2.05) is 0 Å². The largest absolute Gasteiger partial charge is 0.388 e. The summed E-state index contributed by atoms with van der Waals surface area (Å²) < 4.78 is 0. The number of aliphatic hydroxyl groups is 1. The summed E-state index contributed by atoms with van der Waals surface area (Å²) >= 11 is 0. The molecule has 0 spiro atoms. The van der Waals surface area contributed by atoms with E-state index in [2.05, 4.69) is 49.4 Å². The molecule has 0 radical (unpaired) electrons. The Balaban J connectivity index is 1.91. The molecule has 19 heavy (non-hydrogen) atoms. The molecule has 0 bridgehead atoms. The quantitative estimate of drug-likeness (QED) is 0.823. The van der Waals surface area contributed by atoms with Crippen molar-refractivity contribution in [3.05, 3.63) is 48.0 Å². The third-order valence-electron chi connectivity index (χ3n) is 4.65. The highest BCUT2D eigenvalue weighted by Gasteiger charge is 2.26. The summed E-state index contributed by atoms with van der Waals surface area (Å²) in [6.45, 7) is 2.32. The molecule has 1 unspecified atom stereocenters. The Morgan fingerprint density at radius 3 is 2.42 bits per heavy atom. The van der Waals surface area contributed by atoms with E-state index >= 15 is 0 Å². The molecule has 2 aromatic carbocycles. The van der Waals surface area contributed by atoms with Crippen LogP contribution in [0.1, 0.15) is 44.3 Å². The average Bonchev–Trinajstić information content (AvgIpc) is 2.47. The first-order valence-corrected chi connectivity index (χ1v) is 7.41. The van der Waals surface area contributed by atoms with Crippen LogP contribution in [0.2, 0.25) is 0 Å². The van der Waals surface area contributed by atoms with E-state index in [0.29, 0.717) is 5.92 Å². The van der Waals surface area contributed by atoms with Gasteiger partial charge in [0, 0.05) is 0 Å². The van der Waals surface area contributed by atoms with Gasteiger partial charge in [0.15, 0.2) is 0 Å². The molecule has 0 aromatic heterocycles. The third-order valence-corrected chi connectivity index (χ3v) is 4.65. The van der Waals surface area contributed by atoms with Crippen LogP contribution in [-0.4, -0.2) is 5.11 Å². The summed E-state index contributed by atoms with van der Waals surface area (Å²) in [5.41, 5.74) is 1.11. The molecular formula is C18H22O. The van der Waals surface area contributed by atoms with Crippen LogP contribution in [0.15, 0.2) is 42.5 Å². The van der Waals surface area contributed by atoms with Gasteiger partial charge >= 0.3 is 0 Å². The number of hydrogen-bond donors (Lipinski definition) is 1. The van der Waals surface area contributed by atoms with Crippen LogP contribution in [0.25, 0.3) is 10.8 Å². The van der Waals surface area contributed by atoms with Gasteiger partial charge in [0.1, 0.15) is 0 Å². The fourth-order valence-electron chi connectivity index (χ4n) is 3.36. The van der Waals surface area contributed by atoms with Crippen molar-refractivity contribution in [2.24, 2.45) is 11.8 Å². The Kier molecular flexibility index (Phi) is 3.56. The summed E-state index contributed by atoms with van der Waals surface area (Å²) in [5.74, 6) is 1.26. The van der Waals surface area contributed by atoms with E-state index in [4.69, 9.17) is 0 Å². The van der Waals surface area contributed by atoms with Crippen molar-refractivity contribution in [1.82, 2.24) is 0 Å². The fourth-order valence-corrected chi connectivity index (χ4v) is 3.36. The van der Waals surface area contributed by atoms with Crippen molar-refractivity contribution in [3.8, 4) is 0 Å². The van der Waals surface area contributed by atoms with Crippen LogP contribution in [-0.2, 0) is 0 Å². The Morgan fingerprint density at radius 1 is 0.947 bits per heavy atom. The third kappa shape index (κ3) is 2.52. The summed E-state index contributed by atoms with van der Waals surface area (Å²) in [6.07, 6.45) is 4.52. The summed E-state index contributed by atoms with van der Waals surface area (Å²) in [7, 11) is 0. The average molecular weight is 254 g/mol. The first-order chi connectivity index (χ1) is 9.25. The molecule has 1 saturated carbocycles. The van der Waals surface area contributed by atoms with Crippen LogP contribution in [0.5, 0.6) is 0 Å². The molecule has 2 aromatic rings. The van der Waals surface area contributed by atoms with Gasteiger partial charge in [-0.2, -0.15) is 0 Å². The highest BCUT2D eigenvalue weighted by atomic mass is 16.3. The smallest absolute Gasteiger partial charge is 0.0824 e. The zero-order chi connectivity index (χ0) is 13.2. The van der Waals surface area contributed by atoms with Gasteiger partial charge in [-0.15, -0.1) is 0 Å². The van der Waals surface area contributed by atoms with Gasteiger partial charge in [0.25, 0.3) is 0 Å². The summed E-state index contributed by atoms with van der Waals surface area (Å²) in [5, 5.41) is 13.2. The van der Waals surface area contributed by atoms with E-state index in [0.717, 1.165) is 24.3 Å². The minimum atomic E-state index is -0.307. The first kappa shape index (κ1) is 12.7. The normalized spacial score (nSPS) is 25.4. The fraction of sp³-hybridized carbons (Fsp3) is 0.444. The van der Waals surface area contributed by atoms with Crippen LogP contribution in [0.4, 0.5) is 0 Å². The van der Waals surface area contributed by atoms with Crippen molar-refractivity contribution < 1.29 is 5.11 Å². The number of hydrogen-bond acceptors (Lipinski definition) is 1. The second kappa shape index (κ2) is 5.34. The lowest BCUT2D eigenvalue weighted by Gasteiger charge is -2.30. The lowest BCUT2D eigenvalue weighted by atomic mass is 9.78. The van der Waals surface area contributed by atoms with Crippen molar-refractivity contribution in [2.75, 3.05) is 0 Å². The highest BCUT2D eigenvalue weighted by Crippen LogP contribution is 2.38. The van der Waals surface area contributed by atoms with E-state index in [-0.39, 0.29) is 6.10 Å². The Labute approximate surface area is 115 Å². The van der Waals surface area contributed by atoms with Gasteiger partial charge in [0.2, 0.25) is 0 Å². The topological polar surface area (TPSA) is 20.2 Å². The van der Waals surface area contributed by atoms with Crippen molar-refractivity contribution >= 4 is 10.8 Å². The predicted octanol–water partition coefficient (Wildman–Crippen LogP) is 4.70. The summed E-state index contributed by atoms with van der Waals surface area (Å²) in [6, 6.07) is 14.6. The van der Waals surface area contributed by atoms with Gasteiger partial charge in [-0.1, -0.05) is 62.2 Å². The second-order valence-electron chi connectivity index (χ2n) is 6.03. The zero-order valence-corrected chi connectivity index (χ0v) is 11.5. The molecule has 0 heterocycles. The molecule has 0 saturated heterocycles. The minimum Gasteiger partial charge on any atom is -0.388 e. The Morgan fingerprint density at radius 2 is 1.63 bits per heavy atom. The standard InChI is InChI=1S/C18H22O/c1-13-9-11-15(12-10-13)18(19)17-8-4-6-14-5-2-3-7-16(14)17/h2-8,13,15,18-19H,9-12H2,1H3. The molecule has 1 N–H and O–H groups in total. The maximum absolute atomic E-state index is 10.7.